The van der Waals surface area contributed by atoms with Gasteiger partial charge in [-0.25, -0.2) is 0 Å². The van der Waals surface area contributed by atoms with Crippen LogP contribution in [0.15, 0.2) is 0 Å². The number of rotatable bonds is 5. The van der Waals surface area contributed by atoms with E-state index < -0.39 is 6.04 Å². The van der Waals surface area contributed by atoms with E-state index in [4.69, 9.17) is 0 Å². The minimum Gasteiger partial charge on any atom is -0.354 e. The molecule has 2 amide bonds. The van der Waals surface area contributed by atoms with Crippen LogP contribution in [0.4, 0.5) is 0 Å². The first-order chi connectivity index (χ1) is 10.5. The van der Waals surface area contributed by atoms with E-state index in [1.54, 1.807) is 6.92 Å². The highest BCUT2D eigenvalue weighted by atomic mass is 16.2. The Balaban J connectivity index is 1.94. The van der Waals surface area contributed by atoms with Crippen molar-refractivity contribution in [3.8, 4) is 0 Å². The Morgan fingerprint density at radius 2 is 1.64 bits per heavy atom. The molecule has 2 aliphatic carbocycles. The van der Waals surface area contributed by atoms with E-state index in [1.807, 2.05) is 0 Å². The average Bonchev–Trinajstić information content (AvgIpc) is 2.53. The molecule has 22 heavy (non-hydrogen) atoms. The van der Waals surface area contributed by atoms with Crippen molar-refractivity contribution in [2.24, 2.45) is 11.3 Å². The van der Waals surface area contributed by atoms with Crippen LogP contribution in [0.3, 0.4) is 0 Å². The Morgan fingerprint density at radius 1 is 1.05 bits per heavy atom. The van der Waals surface area contributed by atoms with Crippen LogP contribution in [-0.4, -0.2) is 24.4 Å². The molecule has 2 fully saturated rings. The lowest BCUT2D eigenvalue weighted by atomic mass is 9.61. The Bertz CT molecular complexity index is 383. The molecule has 0 radical (unpaired) electrons. The van der Waals surface area contributed by atoms with Gasteiger partial charge in [-0.05, 0) is 43.9 Å². The quantitative estimate of drug-likeness (QED) is 0.819. The molecule has 4 heteroatoms. The van der Waals surface area contributed by atoms with Crippen molar-refractivity contribution in [1.29, 1.82) is 0 Å². The summed E-state index contributed by atoms with van der Waals surface area (Å²) < 4.78 is 0. The van der Waals surface area contributed by atoms with Gasteiger partial charge < -0.3 is 10.6 Å². The van der Waals surface area contributed by atoms with Gasteiger partial charge in [-0.1, -0.05) is 38.5 Å². The number of hydrogen-bond donors (Lipinski definition) is 2. The fraction of sp³-hybridized carbons (Fsp3) is 0.889. The highest BCUT2D eigenvalue weighted by Crippen LogP contribution is 2.47. The van der Waals surface area contributed by atoms with Crippen LogP contribution >= 0.6 is 0 Å². The summed E-state index contributed by atoms with van der Waals surface area (Å²) in [5.74, 6) is 0.580. The molecule has 0 aliphatic heterocycles. The normalized spacial score (nSPS) is 23.5. The molecule has 126 valence electrons. The summed E-state index contributed by atoms with van der Waals surface area (Å²) in [6, 6.07) is -0.440. The van der Waals surface area contributed by atoms with Crippen LogP contribution in [0.1, 0.15) is 78.1 Å². The lowest BCUT2D eigenvalue weighted by Gasteiger charge is -2.45. The zero-order valence-corrected chi connectivity index (χ0v) is 14.2. The molecule has 2 rings (SSSR count). The van der Waals surface area contributed by atoms with Gasteiger partial charge in [0.25, 0.3) is 0 Å². The van der Waals surface area contributed by atoms with Crippen molar-refractivity contribution in [3.63, 3.8) is 0 Å². The maximum Gasteiger partial charge on any atom is 0.242 e. The van der Waals surface area contributed by atoms with Gasteiger partial charge in [-0.2, -0.15) is 0 Å². The Morgan fingerprint density at radius 3 is 2.23 bits per heavy atom. The SMILES string of the molecule is CC(=O)N[C@H](C)C(=O)NCC1(C2CCCCC2)CCCCC1. The summed E-state index contributed by atoms with van der Waals surface area (Å²) in [6.45, 7) is 4.00. The summed E-state index contributed by atoms with van der Waals surface area (Å²) in [5.41, 5.74) is 0.310. The maximum absolute atomic E-state index is 12.2. The summed E-state index contributed by atoms with van der Waals surface area (Å²) in [5, 5.41) is 5.81. The summed E-state index contributed by atoms with van der Waals surface area (Å²) in [4.78, 5) is 23.3. The number of nitrogens with one attached hydrogen (secondary N) is 2. The van der Waals surface area contributed by atoms with Gasteiger partial charge in [0, 0.05) is 13.5 Å². The largest absolute Gasteiger partial charge is 0.354 e. The van der Waals surface area contributed by atoms with Crippen molar-refractivity contribution in [1.82, 2.24) is 10.6 Å². The summed E-state index contributed by atoms with van der Waals surface area (Å²) in [6.07, 6.45) is 13.2. The van der Waals surface area contributed by atoms with Gasteiger partial charge in [-0.3, -0.25) is 9.59 Å². The van der Waals surface area contributed by atoms with Crippen molar-refractivity contribution in [2.75, 3.05) is 6.54 Å². The van der Waals surface area contributed by atoms with Crippen LogP contribution in [0.2, 0.25) is 0 Å². The summed E-state index contributed by atoms with van der Waals surface area (Å²) >= 11 is 0. The van der Waals surface area contributed by atoms with Crippen molar-refractivity contribution in [3.05, 3.63) is 0 Å². The van der Waals surface area contributed by atoms with E-state index in [2.05, 4.69) is 10.6 Å². The number of carbonyl (C=O) groups excluding carboxylic acids is 2. The topological polar surface area (TPSA) is 58.2 Å². The van der Waals surface area contributed by atoms with E-state index in [9.17, 15) is 9.59 Å². The van der Waals surface area contributed by atoms with Gasteiger partial charge in [0.15, 0.2) is 0 Å². The molecule has 0 aromatic rings. The van der Waals surface area contributed by atoms with Gasteiger partial charge in [0.2, 0.25) is 11.8 Å². The second-order valence-corrected chi connectivity index (χ2v) is 7.40. The zero-order chi connectivity index (χ0) is 16.0. The van der Waals surface area contributed by atoms with Crippen LogP contribution in [0.25, 0.3) is 0 Å². The number of hydrogen-bond acceptors (Lipinski definition) is 2. The van der Waals surface area contributed by atoms with Crippen molar-refractivity contribution in [2.45, 2.75) is 84.1 Å². The zero-order valence-electron chi connectivity index (χ0n) is 14.2. The van der Waals surface area contributed by atoms with E-state index >= 15 is 0 Å². The lowest BCUT2D eigenvalue weighted by Crippen LogP contribution is -2.50. The first kappa shape index (κ1) is 17.3. The average molecular weight is 308 g/mol. The molecule has 0 aromatic carbocycles. The number of amides is 2. The minimum absolute atomic E-state index is 0.0454. The second kappa shape index (κ2) is 7.98. The lowest BCUT2D eigenvalue weighted by molar-refractivity contribution is -0.128. The van der Waals surface area contributed by atoms with Crippen LogP contribution in [0, 0.1) is 11.3 Å². The smallest absolute Gasteiger partial charge is 0.242 e. The van der Waals surface area contributed by atoms with Crippen LogP contribution < -0.4 is 10.6 Å². The Hall–Kier alpha value is -1.06. The molecule has 2 aliphatic rings. The highest BCUT2D eigenvalue weighted by molar-refractivity contribution is 5.86. The van der Waals surface area contributed by atoms with E-state index in [0.717, 1.165) is 12.5 Å². The molecular weight excluding hydrogens is 276 g/mol. The van der Waals surface area contributed by atoms with Gasteiger partial charge in [0.05, 0.1) is 0 Å². The first-order valence-electron chi connectivity index (χ1n) is 9.08. The third-order valence-electron chi connectivity index (χ3n) is 5.75. The predicted octanol–water partition coefficient (Wildman–Crippen LogP) is 3.16. The molecule has 2 N–H and O–H groups in total. The standard InChI is InChI=1S/C18H32N2O2/c1-14(20-15(2)21)17(22)19-13-18(11-7-4-8-12-18)16-9-5-3-6-10-16/h14,16H,3-13H2,1-2H3,(H,19,22)(H,20,21)/t14-/m1/s1. The van der Waals surface area contributed by atoms with E-state index in [1.165, 1.54) is 71.1 Å². The summed E-state index contributed by atoms with van der Waals surface area (Å²) in [7, 11) is 0. The monoisotopic (exact) mass is 308 g/mol. The van der Waals surface area contributed by atoms with E-state index in [0.29, 0.717) is 5.41 Å². The van der Waals surface area contributed by atoms with Crippen molar-refractivity contribution >= 4 is 11.8 Å². The molecule has 0 unspecified atom stereocenters. The Kier molecular flexibility index (Phi) is 6.27. The Labute approximate surface area is 134 Å². The molecule has 1 atom stereocenters. The fourth-order valence-corrected chi connectivity index (χ4v) is 4.49. The predicted molar refractivity (Wildman–Crippen MR) is 88.4 cm³/mol. The third kappa shape index (κ3) is 4.47. The van der Waals surface area contributed by atoms with Crippen LogP contribution in [-0.2, 0) is 9.59 Å². The molecule has 4 nitrogen and oxygen atoms in total. The van der Waals surface area contributed by atoms with Crippen LogP contribution in [0.5, 0.6) is 0 Å². The second-order valence-electron chi connectivity index (χ2n) is 7.40. The molecule has 2 saturated carbocycles. The van der Waals surface area contributed by atoms with Gasteiger partial charge in [-0.15, -0.1) is 0 Å². The third-order valence-corrected chi connectivity index (χ3v) is 5.75. The molecule has 0 aromatic heterocycles. The molecular formula is C18H32N2O2. The fourth-order valence-electron chi connectivity index (χ4n) is 4.49. The molecule has 0 bridgehead atoms. The van der Waals surface area contributed by atoms with E-state index in [-0.39, 0.29) is 11.8 Å². The molecule has 0 spiro atoms. The highest BCUT2D eigenvalue weighted by Gasteiger charge is 2.40. The van der Waals surface area contributed by atoms with Gasteiger partial charge in [0.1, 0.15) is 6.04 Å². The van der Waals surface area contributed by atoms with Gasteiger partial charge >= 0.3 is 0 Å². The molecule has 0 heterocycles. The molecule has 0 saturated heterocycles. The minimum atomic E-state index is -0.440. The van der Waals surface area contributed by atoms with Crippen molar-refractivity contribution < 1.29 is 9.59 Å². The first-order valence-corrected chi connectivity index (χ1v) is 9.08. The maximum atomic E-state index is 12.2. The number of carbonyl (C=O) groups is 2.